The van der Waals surface area contributed by atoms with Crippen molar-refractivity contribution < 1.29 is 4.79 Å². The van der Waals surface area contributed by atoms with Gasteiger partial charge in [0, 0.05) is 17.5 Å². The summed E-state index contributed by atoms with van der Waals surface area (Å²) in [6, 6.07) is 0. The molecule has 4 nitrogen and oxygen atoms in total. The molecule has 0 aliphatic heterocycles. The molecule has 106 valence electrons. The van der Waals surface area contributed by atoms with Gasteiger partial charge in [-0.1, -0.05) is 0 Å². The first kappa shape index (κ1) is 14.5. The molecule has 1 aromatic rings. The van der Waals surface area contributed by atoms with E-state index in [4.69, 9.17) is 5.73 Å². The number of nitrogens with one attached hydrogen (secondary N) is 1. The van der Waals surface area contributed by atoms with Gasteiger partial charge in [0.25, 0.3) is 0 Å². The van der Waals surface area contributed by atoms with Crippen molar-refractivity contribution in [3.63, 3.8) is 0 Å². The van der Waals surface area contributed by atoms with E-state index in [1.807, 2.05) is 19.2 Å². The van der Waals surface area contributed by atoms with E-state index in [0.29, 0.717) is 5.92 Å². The minimum absolute atomic E-state index is 0.141. The molecule has 3 N–H and O–H groups in total. The third kappa shape index (κ3) is 3.54. The lowest BCUT2D eigenvalue weighted by Gasteiger charge is -2.30. The van der Waals surface area contributed by atoms with E-state index in [1.165, 1.54) is 0 Å². The molecule has 0 aromatic carbocycles. The molecule has 5 heteroatoms. The molecule has 0 spiro atoms. The minimum atomic E-state index is -0.379. The predicted octanol–water partition coefficient (Wildman–Crippen LogP) is 2.26. The van der Waals surface area contributed by atoms with Crippen LogP contribution in [0.3, 0.4) is 0 Å². The highest BCUT2D eigenvalue weighted by atomic mass is 32.1. The highest BCUT2D eigenvalue weighted by molar-refractivity contribution is 7.09. The quantitative estimate of drug-likeness (QED) is 0.889. The number of rotatable bonds is 4. The van der Waals surface area contributed by atoms with Crippen molar-refractivity contribution in [1.29, 1.82) is 0 Å². The fourth-order valence-corrected chi connectivity index (χ4v) is 3.37. The Morgan fingerprint density at radius 3 is 2.68 bits per heavy atom. The van der Waals surface area contributed by atoms with Crippen LogP contribution in [-0.2, 0) is 10.3 Å². The summed E-state index contributed by atoms with van der Waals surface area (Å²) in [5, 5.41) is 6.03. The van der Waals surface area contributed by atoms with Gasteiger partial charge in [0.15, 0.2) is 0 Å². The van der Waals surface area contributed by atoms with Crippen LogP contribution >= 0.6 is 11.3 Å². The molecule has 0 unspecified atom stereocenters. The molecule has 1 fully saturated rings. The first-order valence-corrected chi connectivity index (χ1v) is 7.83. The highest BCUT2D eigenvalue weighted by Crippen LogP contribution is 2.30. The SMILES string of the molecule is CC(C)(NC(=O)C1CCC(CN)CC1)c1nccs1. The molecule has 0 radical (unpaired) electrons. The van der Waals surface area contributed by atoms with Gasteiger partial charge in [0.2, 0.25) is 5.91 Å². The van der Waals surface area contributed by atoms with Gasteiger partial charge in [-0.25, -0.2) is 4.98 Å². The highest BCUT2D eigenvalue weighted by Gasteiger charge is 2.31. The molecule has 0 atom stereocenters. The van der Waals surface area contributed by atoms with Gasteiger partial charge in [-0.2, -0.15) is 0 Å². The van der Waals surface area contributed by atoms with Crippen LogP contribution in [0.4, 0.5) is 0 Å². The number of carbonyl (C=O) groups is 1. The zero-order chi connectivity index (χ0) is 13.9. The fraction of sp³-hybridized carbons (Fsp3) is 0.714. The van der Waals surface area contributed by atoms with Crippen LogP contribution in [0.5, 0.6) is 0 Å². The van der Waals surface area contributed by atoms with Crippen LogP contribution in [0.1, 0.15) is 44.5 Å². The second-order valence-electron chi connectivity index (χ2n) is 5.90. The van der Waals surface area contributed by atoms with E-state index in [1.54, 1.807) is 17.5 Å². The summed E-state index contributed by atoms with van der Waals surface area (Å²) in [5.41, 5.74) is 5.30. The smallest absolute Gasteiger partial charge is 0.223 e. The molecule has 0 bridgehead atoms. The van der Waals surface area contributed by atoms with Crippen molar-refractivity contribution in [3.05, 3.63) is 16.6 Å². The first-order valence-electron chi connectivity index (χ1n) is 6.95. The lowest BCUT2D eigenvalue weighted by atomic mass is 9.81. The summed E-state index contributed by atoms with van der Waals surface area (Å²) in [5.74, 6) is 0.911. The predicted molar refractivity (Wildman–Crippen MR) is 77.8 cm³/mol. The van der Waals surface area contributed by atoms with Gasteiger partial charge in [-0.3, -0.25) is 4.79 Å². The van der Waals surface area contributed by atoms with Gasteiger partial charge in [0.1, 0.15) is 5.01 Å². The van der Waals surface area contributed by atoms with Crippen molar-refractivity contribution in [2.75, 3.05) is 6.54 Å². The van der Waals surface area contributed by atoms with Crippen molar-refractivity contribution in [2.24, 2.45) is 17.6 Å². The summed E-state index contributed by atoms with van der Waals surface area (Å²) in [4.78, 5) is 16.6. The van der Waals surface area contributed by atoms with Gasteiger partial charge in [0.05, 0.1) is 5.54 Å². The van der Waals surface area contributed by atoms with E-state index < -0.39 is 0 Å². The Hall–Kier alpha value is -0.940. The maximum atomic E-state index is 12.3. The lowest BCUT2D eigenvalue weighted by molar-refractivity contribution is -0.128. The third-order valence-electron chi connectivity index (χ3n) is 3.95. The normalized spacial score (nSPS) is 24.2. The molecule has 1 aromatic heterocycles. The number of nitrogens with two attached hydrogens (primary N) is 1. The van der Waals surface area contributed by atoms with Crippen LogP contribution in [0.25, 0.3) is 0 Å². The largest absolute Gasteiger partial charge is 0.344 e. The summed E-state index contributed by atoms with van der Waals surface area (Å²) in [6.45, 7) is 4.77. The zero-order valence-corrected chi connectivity index (χ0v) is 12.5. The monoisotopic (exact) mass is 281 g/mol. The van der Waals surface area contributed by atoms with Gasteiger partial charge >= 0.3 is 0 Å². The van der Waals surface area contributed by atoms with Crippen LogP contribution in [0.15, 0.2) is 11.6 Å². The second kappa shape index (κ2) is 6.01. The Bertz CT molecular complexity index is 408. The average molecular weight is 281 g/mol. The number of nitrogens with zero attached hydrogens (tertiary/aromatic N) is 1. The van der Waals surface area contributed by atoms with Crippen molar-refractivity contribution >= 4 is 17.2 Å². The summed E-state index contributed by atoms with van der Waals surface area (Å²) in [7, 11) is 0. The Morgan fingerprint density at radius 1 is 1.47 bits per heavy atom. The van der Waals surface area contributed by atoms with Gasteiger partial charge in [-0.05, 0) is 52.0 Å². The molecule has 1 saturated carbocycles. The summed E-state index contributed by atoms with van der Waals surface area (Å²) >= 11 is 1.58. The van der Waals surface area contributed by atoms with Crippen molar-refractivity contribution in [3.8, 4) is 0 Å². The minimum Gasteiger partial charge on any atom is -0.344 e. The van der Waals surface area contributed by atoms with Crippen molar-refractivity contribution in [2.45, 2.75) is 45.1 Å². The molecule has 1 amide bonds. The van der Waals surface area contributed by atoms with Gasteiger partial charge in [-0.15, -0.1) is 11.3 Å². The summed E-state index contributed by atoms with van der Waals surface area (Å²) < 4.78 is 0. The molecule has 19 heavy (non-hydrogen) atoms. The Labute approximate surface area is 118 Å². The van der Waals surface area contributed by atoms with E-state index in [9.17, 15) is 4.79 Å². The lowest BCUT2D eigenvalue weighted by Crippen LogP contribution is -2.44. The van der Waals surface area contributed by atoms with E-state index >= 15 is 0 Å². The van der Waals surface area contributed by atoms with E-state index in [2.05, 4.69) is 10.3 Å². The Kier molecular flexibility index (Phi) is 4.58. The van der Waals surface area contributed by atoms with Crippen molar-refractivity contribution in [1.82, 2.24) is 10.3 Å². The topological polar surface area (TPSA) is 68.0 Å². The number of amides is 1. The number of carbonyl (C=O) groups excluding carboxylic acids is 1. The fourth-order valence-electron chi connectivity index (χ4n) is 2.66. The molecule has 1 aliphatic carbocycles. The maximum Gasteiger partial charge on any atom is 0.223 e. The zero-order valence-electron chi connectivity index (χ0n) is 11.7. The van der Waals surface area contributed by atoms with Crippen LogP contribution in [0, 0.1) is 11.8 Å². The maximum absolute atomic E-state index is 12.3. The molecule has 2 rings (SSSR count). The summed E-state index contributed by atoms with van der Waals surface area (Å²) in [6.07, 6.45) is 5.85. The third-order valence-corrected chi connectivity index (χ3v) is 5.05. The molecule has 0 saturated heterocycles. The number of hydrogen-bond acceptors (Lipinski definition) is 4. The Balaban J connectivity index is 1.91. The van der Waals surface area contributed by atoms with E-state index in [0.717, 1.165) is 37.2 Å². The standard InChI is InChI=1S/C14H23N3OS/c1-14(2,13-16-7-8-19-13)17-12(18)11-5-3-10(9-15)4-6-11/h7-8,10-11H,3-6,9,15H2,1-2H3,(H,17,18). The number of thiazole rings is 1. The molecule has 1 heterocycles. The van der Waals surface area contributed by atoms with Gasteiger partial charge < -0.3 is 11.1 Å². The first-order chi connectivity index (χ1) is 9.03. The Morgan fingerprint density at radius 2 is 2.16 bits per heavy atom. The van der Waals surface area contributed by atoms with E-state index in [-0.39, 0.29) is 17.4 Å². The average Bonchev–Trinajstić information content (AvgIpc) is 2.93. The van der Waals surface area contributed by atoms with Crippen LogP contribution in [0.2, 0.25) is 0 Å². The molecule has 1 aliphatic rings. The van der Waals surface area contributed by atoms with Crippen LogP contribution in [-0.4, -0.2) is 17.4 Å². The molecular formula is C14H23N3OS. The number of hydrogen-bond donors (Lipinski definition) is 2. The molecular weight excluding hydrogens is 258 g/mol. The van der Waals surface area contributed by atoms with Crippen LogP contribution < -0.4 is 11.1 Å². The number of aromatic nitrogens is 1. The second-order valence-corrected chi connectivity index (χ2v) is 6.80.